The minimum Gasteiger partial charge on any atom is -0.362 e. The van der Waals surface area contributed by atoms with Crippen molar-refractivity contribution in [1.29, 1.82) is 0 Å². The van der Waals surface area contributed by atoms with Crippen molar-refractivity contribution in [2.75, 3.05) is 45.9 Å². The highest BCUT2D eigenvalue weighted by Crippen LogP contribution is 2.29. The third-order valence-corrected chi connectivity index (χ3v) is 6.87. The fourth-order valence-electron chi connectivity index (χ4n) is 4.98. The van der Waals surface area contributed by atoms with Crippen LogP contribution < -0.4 is 5.32 Å². The van der Waals surface area contributed by atoms with Crippen LogP contribution in [0.1, 0.15) is 49.3 Å². The van der Waals surface area contributed by atoms with Crippen LogP contribution in [0, 0.1) is 0 Å². The van der Waals surface area contributed by atoms with Crippen molar-refractivity contribution >= 4 is 11.8 Å². The molecule has 1 heterocycles. The van der Waals surface area contributed by atoms with Crippen LogP contribution in [0.25, 0.3) is 0 Å². The first kappa shape index (κ1) is 25.1. The van der Waals surface area contributed by atoms with Gasteiger partial charge in [-0.25, -0.2) is 0 Å². The van der Waals surface area contributed by atoms with Gasteiger partial charge in [0.25, 0.3) is 0 Å². The van der Waals surface area contributed by atoms with Crippen molar-refractivity contribution < 1.29 is 14.3 Å². The minimum absolute atomic E-state index is 0.0548. The number of rotatable bonds is 10. The maximum absolute atomic E-state index is 12.7. The highest BCUT2D eigenvalue weighted by Gasteiger charge is 2.28. The number of nitrogens with one attached hydrogen (secondary N) is 1. The van der Waals surface area contributed by atoms with Crippen LogP contribution in [-0.4, -0.2) is 67.6 Å². The molecule has 2 amide bonds. The predicted octanol–water partition coefficient (Wildman–Crippen LogP) is 3.94. The molecule has 0 radical (unpaired) electrons. The smallest absolute Gasteiger partial charge is 0.248 e. The normalized spacial score (nSPS) is 16.7. The van der Waals surface area contributed by atoms with E-state index in [0.29, 0.717) is 19.6 Å². The van der Waals surface area contributed by atoms with Crippen molar-refractivity contribution in [3.8, 4) is 0 Å². The first-order valence-corrected chi connectivity index (χ1v) is 12.8. The second-order valence-corrected chi connectivity index (χ2v) is 9.34. The average molecular weight is 476 g/mol. The van der Waals surface area contributed by atoms with Gasteiger partial charge in [0.2, 0.25) is 11.8 Å². The van der Waals surface area contributed by atoms with Crippen molar-refractivity contribution in [2.45, 2.75) is 38.1 Å². The first-order valence-electron chi connectivity index (χ1n) is 12.8. The van der Waals surface area contributed by atoms with E-state index in [2.05, 4.69) is 64.8 Å². The second-order valence-electron chi connectivity index (χ2n) is 9.34. The van der Waals surface area contributed by atoms with Gasteiger partial charge in [0.15, 0.2) is 0 Å². The summed E-state index contributed by atoms with van der Waals surface area (Å²) < 4.78 is 5.43. The molecule has 6 heteroatoms. The van der Waals surface area contributed by atoms with Crippen LogP contribution in [0.15, 0.2) is 72.3 Å². The maximum atomic E-state index is 12.7. The average Bonchev–Trinajstić information content (AvgIpc) is 2.91. The molecule has 35 heavy (non-hydrogen) atoms. The van der Waals surface area contributed by atoms with E-state index in [0.717, 1.165) is 32.4 Å². The van der Waals surface area contributed by atoms with E-state index in [1.54, 1.807) is 0 Å². The third kappa shape index (κ3) is 7.51. The molecule has 4 rings (SSSR count). The number of piperazine rings is 1. The van der Waals surface area contributed by atoms with Gasteiger partial charge in [0.05, 0.1) is 6.04 Å². The molecule has 1 N–H and O–H groups in total. The van der Waals surface area contributed by atoms with E-state index in [-0.39, 0.29) is 31.1 Å². The largest absolute Gasteiger partial charge is 0.362 e. The number of benzene rings is 2. The Labute approximate surface area is 208 Å². The summed E-state index contributed by atoms with van der Waals surface area (Å²) in [5.41, 5.74) is 3.95. The number of hydrogen-bond acceptors (Lipinski definition) is 4. The lowest BCUT2D eigenvalue weighted by Gasteiger charge is -2.39. The van der Waals surface area contributed by atoms with Crippen LogP contribution in [0.5, 0.6) is 0 Å². The number of amides is 2. The molecular formula is C29H37N3O3. The zero-order chi connectivity index (χ0) is 24.3. The Bertz CT molecular complexity index is 930. The molecule has 0 unspecified atom stereocenters. The van der Waals surface area contributed by atoms with E-state index < -0.39 is 0 Å². The Hall–Kier alpha value is -2.96. The predicted molar refractivity (Wildman–Crippen MR) is 138 cm³/mol. The molecule has 6 nitrogen and oxygen atoms in total. The molecule has 1 aliphatic heterocycles. The molecule has 2 aromatic carbocycles. The highest BCUT2D eigenvalue weighted by molar-refractivity contribution is 5.79. The standard InChI is InChI=1S/C29H37N3O3/c33-27(30-17-16-24-10-4-1-5-11-24)22-35-23-28(34)31-18-20-32(21-19-31)29(25-12-6-2-7-13-25)26-14-8-3-9-15-26/h2-3,6-10,12-15,29H,1,4-5,11,16-23H2,(H,30,33). The SMILES string of the molecule is O=C(COCC(=O)N1CCN(C(c2ccccc2)c2ccccc2)CC1)NCCC1=CCCCC1. The highest BCUT2D eigenvalue weighted by atomic mass is 16.5. The summed E-state index contributed by atoms with van der Waals surface area (Å²) in [6, 6.07) is 21.2. The summed E-state index contributed by atoms with van der Waals surface area (Å²) in [7, 11) is 0. The Morgan fingerprint density at radius 1 is 0.857 bits per heavy atom. The molecule has 186 valence electrons. The van der Waals surface area contributed by atoms with Gasteiger partial charge in [0, 0.05) is 32.7 Å². The van der Waals surface area contributed by atoms with Gasteiger partial charge in [-0.2, -0.15) is 0 Å². The molecular weight excluding hydrogens is 438 g/mol. The van der Waals surface area contributed by atoms with Gasteiger partial charge < -0.3 is 15.0 Å². The molecule has 0 aromatic heterocycles. The lowest BCUT2D eigenvalue weighted by Crippen LogP contribution is -2.50. The summed E-state index contributed by atoms with van der Waals surface area (Å²) in [4.78, 5) is 29.0. The Kier molecular flexibility index (Phi) is 9.49. The Morgan fingerprint density at radius 2 is 1.51 bits per heavy atom. The van der Waals surface area contributed by atoms with Crippen LogP contribution in [-0.2, 0) is 14.3 Å². The lowest BCUT2D eigenvalue weighted by molar-refractivity contribution is -0.140. The summed E-state index contributed by atoms with van der Waals surface area (Å²) >= 11 is 0. The molecule has 2 aromatic rings. The van der Waals surface area contributed by atoms with Crippen LogP contribution in [0.3, 0.4) is 0 Å². The van der Waals surface area contributed by atoms with Gasteiger partial charge in [-0.15, -0.1) is 0 Å². The van der Waals surface area contributed by atoms with Crippen molar-refractivity contribution in [3.05, 3.63) is 83.4 Å². The quantitative estimate of drug-likeness (QED) is 0.529. The van der Waals surface area contributed by atoms with E-state index in [4.69, 9.17) is 4.74 Å². The van der Waals surface area contributed by atoms with Crippen LogP contribution >= 0.6 is 0 Å². The van der Waals surface area contributed by atoms with Gasteiger partial charge in [-0.3, -0.25) is 14.5 Å². The fourth-order valence-corrected chi connectivity index (χ4v) is 4.98. The zero-order valence-corrected chi connectivity index (χ0v) is 20.5. The molecule has 1 aliphatic carbocycles. The molecule has 2 aliphatic rings. The number of ether oxygens (including phenoxy) is 1. The topological polar surface area (TPSA) is 61.9 Å². The number of carbonyl (C=O) groups is 2. The maximum Gasteiger partial charge on any atom is 0.248 e. The second kappa shape index (κ2) is 13.2. The van der Waals surface area contributed by atoms with E-state index in [1.807, 2.05) is 17.0 Å². The van der Waals surface area contributed by atoms with Gasteiger partial charge in [-0.05, 0) is 43.2 Å². The molecule has 0 bridgehead atoms. The van der Waals surface area contributed by atoms with Crippen LogP contribution in [0.4, 0.5) is 0 Å². The lowest BCUT2D eigenvalue weighted by atomic mass is 9.96. The van der Waals surface area contributed by atoms with Crippen molar-refractivity contribution in [2.24, 2.45) is 0 Å². The molecule has 0 spiro atoms. The van der Waals surface area contributed by atoms with Crippen molar-refractivity contribution in [1.82, 2.24) is 15.1 Å². The molecule has 1 fully saturated rings. The molecule has 1 saturated heterocycles. The first-order chi connectivity index (χ1) is 17.2. The van der Waals surface area contributed by atoms with Gasteiger partial charge >= 0.3 is 0 Å². The summed E-state index contributed by atoms with van der Waals surface area (Å²) in [5, 5.41) is 2.90. The van der Waals surface area contributed by atoms with E-state index in [1.165, 1.54) is 29.5 Å². The van der Waals surface area contributed by atoms with E-state index in [9.17, 15) is 9.59 Å². The Balaban J connectivity index is 1.19. The summed E-state index contributed by atoms with van der Waals surface area (Å²) in [5.74, 6) is -0.214. The molecule has 0 atom stereocenters. The Morgan fingerprint density at radius 3 is 2.11 bits per heavy atom. The number of carbonyl (C=O) groups excluding carboxylic acids is 2. The van der Waals surface area contributed by atoms with Crippen molar-refractivity contribution in [3.63, 3.8) is 0 Å². The number of nitrogens with zero attached hydrogens (tertiary/aromatic N) is 2. The number of hydrogen-bond donors (Lipinski definition) is 1. The number of allylic oxidation sites excluding steroid dienone is 1. The monoisotopic (exact) mass is 475 g/mol. The molecule has 0 saturated carbocycles. The fraction of sp³-hybridized carbons (Fsp3) is 0.448. The van der Waals surface area contributed by atoms with Gasteiger partial charge in [-0.1, -0.05) is 72.3 Å². The van der Waals surface area contributed by atoms with Gasteiger partial charge in [0.1, 0.15) is 13.2 Å². The third-order valence-electron chi connectivity index (χ3n) is 6.87. The van der Waals surface area contributed by atoms with E-state index >= 15 is 0 Å². The van der Waals surface area contributed by atoms with Crippen LogP contribution in [0.2, 0.25) is 0 Å². The zero-order valence-electron chi connectivity index (χ0n) is 20.5. The summed E-state index contributed by atoms with van der Waals surface area (Å²) in [6.07, 6.45) is 8.02. The minimum atomic E-state index is -0.160. The summed E-state index contributed by atoms with van der Waals surface area (Å²) in [6.45, 7) is 3.38.